The van der Waals surface area contributed by atoms with Crippen LogP contribution in [0.1, 0.15) is 39.5 Å². The van der Waals surface area contributed by atoms with E-state index in [0.29, 0.717) is 11.1 Å². The second-order valence-corrected chi connectivity index (χ2v) is 7.56. The smallest absolute Gasteiger partial charge is 0.260 e. The van der Waals surface area contributed by atoms with Crippen LogP contribution < -0.4 is 0 Å². The van der Waals surface area contributed by atoms with Crippen LogP contribution in [0.25, 0.3) is 0 Å². The second-order valence-electron chi connectivity index (χ2n) is 6.27. The first kappa shape index (κ1) is 14.8. The molecule has 3 aliphatic rings. The van der Waals surface area contributed by atoms with Gasteiger partial charge in [-0.05, 0) is 44.1 Å². The van der Waals surface area contributed by atoms with Crippen molar-refractivity contribution >= 4 is 29.2 Å². The van der Waals surface area contributed by atoms with Crippen molar-refractivity contribution in [2.45, 2.75) is 44.8 Å². The molecule has 112 valence electrons. The van der Waals surface area contributed by atoms with Gasteiger partial charge in [0.05, 0.1) is 11.5 Å². The van der Waals surface area contributed by atoms with E-state index in [4.69, 9.17) is 0 Å². The molecule has 0 aromatic rings. The van der Waals surface area contributed by atoms with E-state index in [1.165, 1.54) is 25.7 Å². The number of carbonyl (C=O) groups is 1. The van der Waals surface area contributed by atoms with Gasteiger partial charge in [0.25, 0.3) is 5.91 Å². The Bertz CT molecular complexity index is 551. The van der Waals surface area contributed by atoms with E-state index in [1.54, 1.807) is 0 Å². The van der Waals surface area contributed by atoms with E-state index in [-0.39, 0.29) is 11.8 Å². The summed E-state index contributed by atoms with van der Waals surface area (Å²) in [4.78, 5) is 21.0. The van der Waals surface area contributed by atoms with Crippen molar-refractivity contribution in [1.82, 2.24) is 0 Å². The molecule has 0 bridgehead atoms. The third kappa shape index (κ3) is 3.37. The first-order valence-electron chi connectivity index (χ1n) is 7.80. The lowest BCUT2D eigenvalue weighted by Gasteiger charge is -2.26. The highest BCUT2D eigenvalue weighted by Crippen LogP contribution is 2.32. The summed E-state index contributed by atoms with van der Waals surface area (Å²) in [7, 11) is 0. The molecule has 0 spiro atoms. The van der Waals surface area contributed by atoms with E-state index in [1.807, 2.05) is 36.9 Å². The first-order valence-corrected chi connectivity index (χ1v) is 8.85. The number of hydrogen-bond donors (Lipinski definition) is 0. The number of aliphatic imine (C=N–C) groups is 2. The molecule has 0 saturated heterocycles. The van der Waals surface area contributed by atoms with Gasteiger partial charge in [0, 0.05) is 5.25 Å². The predicted octanol–water partition coefficient (Wildman–Crippen LogP) is 3.81. The van der Waals surface area contributed by atoms with Gasteiger partial charge < -0.3 is 0 Å². The Morgan fingerprint density at radius 3 is 2.76 bits per heavy atom. The molecule has 0 N–H and O–H groups in total. The van der Waals surface area contributed by atoms with Gasteiger partial charge >= 0.3 is 0 Å². The fourth-order valence-electron chi connectivity index (χ4n) is 3.10. The van der Waals surface area contributed by atoms with Crippen LogP contribution in [0.2, 0.25) is 0 Å². The molecule has 1 unspecified atom stereocenters. The highest BCUT2D eigenvalue weighted by atomic mass is 32.2. The molecule has 1 amide bonds. The molecule has 21 heavy (non-hydrogen) atoms. The van der Waals surface area contributed by atoms with E-state index in [2.05, 4.69) is 16.9 Å². The number of amidine groups is 1. The van der Waals surface area contributed by atoms with Crippen molar-refractivity contribution < 1.29 is 4.79 Å². The summed E-state index contributed by atoms with van der Waals surface area (Å²) in [6.45, 7) is 4.35. The van der Waals surface area contributed by atoms with Gasteiger partial charge in [-0.2, -0.15) is 16.8 Å². The third-order valence-electron chi connectivity index (χ3n) is 4.51. The number of carbonyl (C=O) groups excluding carboxylic acids is 1. The largest absolute Gasteiger partial charge is 0.271 e. The topological polar surface area (TPSA) is 41.8 Å². The molecular weight excluding hydrogens is 280 g/mol. The lowest BCUT2D eigenvalue weighted by atomic mass is 9.91. The lowest BCUT2D eigenvalue weighted by molar-refractivity contribution is -0.118. The van der Waals surface area contributed by atoms with Crippen molar-refractivity contribution in [3.63, 3.8) is 0 Å². The Balaban J connectivity index is 1.63. The van der Waals surface area contributed by atoms with Crippen molar-refractivity contribution in [2.24, 2.45) is 21.8 Å². The summed E-state index contributed by atoms with van der Waals surface area (Å²) < 4.78 is 0. The maximum absolute atomic E-state index is 12.1. The minimum Gasteiger partial charge on any atom is -0.271 e. The molecule has 1 fully saturated rings. The Morgan fingerprint density at radius 1 is 1.24 bits per heavy atom. The van der Waals surface area contributed by atoms with Crippen molar-refractivity contribution in [2.75, 3.05) is 5.75 Å². The van der Waals surface area contributed by atoms with E-state index < -0.39 is 0 Å². The molecule has 1 heterocycles. The van der Waals surface area contributed by atoms with Crippen LogP contribution in [0.5, 0.6) is 0 Å². The molecule has 1 aliphatic heterocycles. The fraction of sp³-hybridized carbons (Fsp3) is 0.588. The zero-order valence-corrected chi connectivity index (χ0v) is 13.5. The zero-order chi connectivity index (χ0) is 14.8. The molecule has 0 aromatic carbocycles. The SMILES string of the molecule is CC1=CC=CC2C(=O)N=C(CSC3CCC(C)CC3)N=C12. The van der Waals surface area contributed by atoms with Crippen LogP contribution in [-0.4, -0.2) is 28.5 Å². The average Bonchev–Trinajstić information content (AvgIpc) is 2.48. The second kappa shape index (κ2) is 6.30. The van der Waals surface area contributed by atoms with Crippen LogP contribution >= 0.6 is 11.8 Å². The van der Waals surface area contributed by atoms with E-state index >= 15 is 0 Å². The number of allylic oxidation sites excluding steroid dienone is 3. The third-order valence-corrected chi connectivity index (χ3v) is 5.88. The number of nitrogens with zero attached hydrogens (tertiary/aromatic N) is 2. The Morgan fingerprint density at radius 2 is 2.00 bits per heavy atom. The number of rotatable bonds is 3. The van der Waals surface area contributed by atoms with Crippen LogP contribution in [0.3, 0.4) is 0 Å². The number of hydrogen-bond acceptors (Lipinski definition) is 3. The van der Waals surface area contributed by atoms with Crippen molar-refractivity contribution in [3.05, 3.63) is 23.8 Å². The van der Waals surface area contributed by atoms with Crippen LogP contribution in [0, 0.1) is 11.8 Å². The van der Waals surface area contributed by atoms with Gasteiger partial charge in [0.1, 0.15) is 11.8 Å². The van der Waals surface area contributed by atoms with Gasteiger partial charge in [-0.15, -0.1) is 0 Å². The molecule has 3 nitrogen and oxygen atoms in total. The lowest BCUT2D eigenvalue weighted by Crippen LogP contribution is -2.30. The molecule has 0 aromatic heterocycles. The molecule has 3 rings (SSSR count). The van der Waals surface area contributed by atoms with Crippen molar-refractivity contribution in [3.8, 4) is 0 Å². The predicted molar refractivity (Wildman–Crippen MR) is 90.1 cm³/mol. The summed E-state index contributed by atoms with van der Waals surface area (Å²) in [6.07, 6.45) is 11.1. The average molecular weight is 302 g/mol. The van der Waals surface area contributed by atoms with Crippen LogP contribution in [0.4, 0.5) is 0 Å². The molecule has 4 heteroatoms. The van der Waals surface area contributed by atoms with Gasteiger partial charge in [-0.1, -0.05) is 25.2 Å². The van der Waals surface area contributed by atoms with Gasteiger partial charge in [0.2, 0.25) is 0 Å². The zero-order valence-electron chi connectivity index (χ0n) is 12.7. The molecule has 1 saturated carbocycles. The maximum Gasteiger partial charge on any atom is 0.260 e. The summed E-state index contributed by atoms with van der Waals surface area (Å²) in [5, 5.41) is 0.708. The summed E-state index contributed by atoms with van der Waals surface area (Å²) in [5.74, 6) is 2.03. The maximum atomic E-state index is 12.1. The minimum absolute atomic E-state index is 0.0587. The van der Waals surface area contributed by atoms with Crippen LogP contribution in [0.15, 0.2) is 33.8 Å². The molecule has 1 atom stereocenters. The highest BCUT2D eigenvalue weighted by Gasteiger charge is 2.29. The van der Waals surface area contributed by atoms with E-state index in [0.717, 1.165) is 23.0 Å². The highest BCUT2D eigenvalue weighted by molar-refractivity contribution is 8.00. The Kier molecular flexibility index (Phi) is 4.43. The number of thioether (sulfide) groups is 1. The number of amides is 1. The molecule has 0 radical (unpaired) electrons. The van der Waals surface area contributed by atoms with Gasteiger partial charge in [-0.25, -0.2) is 4.99 Å². The Labute approximate surface area is 130 Å². The first-order chi connectivity index (χ1) is 10.1. The summed E-state index contributed by atoms with van der Waals surface area (Å²) in [5.41, 5.74) is 1.98. The quantitative estimate of drug-likeness (QED) is 0.795. The molecular formula is C17H22N2OS. The van der Waals surface area contributed by atoms with Crippen molar-refractivity contribution in [1.29, 1.82) is 0 Å². The van der Waals surface area contributed by atoms with E-state index in [9.17, 15) is 4.79 Å². The molecule has 2 aliphatic carbocycles. The Hall–Kier alpha value is -1.16. The van der Waals surface area contributed by atoms with Gasteiger partial charge in [-0.3, -0.25) is 4.79 Å². The fourth-order valence-corrected chi connectivity index (χ4v) is 4.22. The van der Waals surface area contributed by atoms with Crippen LogP contribution in [-0.2, 0) is 4.79 Å². The summed E-state index contributed by atoms with van der Waals surface area (Å²) >= 11 is 1.92. The summed E-state index contributed by atoms with van der Waals surface area (Å²) in [6, 6.07) is 0. The monoisotopic (exact) mass is 302 g/mol. The normalized spacial score (nSPS) is 32.2. The standard InChI is InChI=1S/C17H22N2OS/c1-11-6-8-13(9-7-11)21-10-15-18-16-12(2)4-3-5-14(16)17(20)19-15/h3-5,11,13-14H,6-10H2,1-2H3. The minimum atomic E-state index is -0.251. The van der Waals surface area contributed by atoms with Gasteiger partial charge in [0.15, 0.2) is 0 Å². The number of fused-ring (bicyclic) bond motifs is 1.